The monoisotopic (exact) mass is 318 g/mol. The van der Waals surface area contributed by atoms with Crippen LogP contribution in [0.2, 0.25) is 0 Å². The van der Waals surface area contributed by atoms with Crippen molar-refractivity contribution >= 4 is 11.9 Å². The number of carboxylic acid groups (broad SMARTS) is 2. The van der Waals surface area contributed by atoms with Crippen LogP contribution in [0.4, 0.5) is 0 Å². The Morgan fingerprint density at radius 1 is 0.682 bits per heavy atom. The van der Waals surface area contributed by atoms with Gasteiger partial charge >= 0.3 is 11.9 Å². The van der Waals surface area contributed by atoms with E-state index in [-0.39, 0.29) is 0 Å². The summed E-state index contributed by atoms with van der Waals surface area (Å²) in [6, 6.07) is 0. The van der Waals surface area contributed by atoms with Crippen LogP contribution in [0, 0.1) is 11.8 Å². The number of carboxylic acids is 2. The second kappa shape index (κ2) is 7.42. The van der Waals surface area contributed by atoms with Gasteiger partial charge in [-0.25, -0.2) is 9.59 Å². The van der Waals surface area contributed by atoms with Crippen LogP contribution in [-0.2, 0) is 19.1 Å². The number of rotatable bonds is 9. The fraction of sp³-hybridized carbons (Fsp3) is 0.875. The summed E-state index contributed by atoms with van der Waals surface area (Å²) in [6.45, 7) is 13.3. The van der Waals surface area contributed by atoms with Crippen molar-refractivity contribution in [3.05, 3.63) is 0 Å². The lowest BCUT2D eigenvalue weighted by atomic mass is 9.68. The van der Waals surface area contributed by atoms with E-state index in [1.54, 1.807) is 55.4 Å². The Hall–Kier alpha value is -1.14. The molecule has 0 aromatic carbocycles. The van der Waals surface area contributed by atoms with Crippen molar-refractivity contribution in [2.24, 2.45) is 11.8 Å². The van der Waals surface area contributed by atoms with E-state index in [1.807, 2.05) is 0 Å². The van der Waals surface area contributed by atoms with Crippen LogP contribution in [0.5, 0.6) is 0 Å². The van der Waals surface area contributed by atoms with Gasteiger partial charge in [-0.2, -0.15) is 0 Å². The summed E-state index contributed by atoms with van der Waals surface area (Å²) in [6.07, 6.45) is -0.932. The molecule has 0 bridgehead atoms. The van der Waals surface area contributed by atoms with Gasteiger partial charge in [0.2, 0.25) is 11.2 Å². The Bertz CT molecular complexity index is 363. The summed E-state index contributed by atoms with van der Waals surface area (Å²) in [5.41, 5.74) is -3.99. The predicted octanol–water partition coefficient (Wildman–Crippen LogP) is 2.80. The van der Waals surface area contributed by atoms with Crippen LogP contribution in [0.15, 0.2) is 0 Å². The van der Waals surface area contributed by atoms with E-state index in [4.69, 9.17) is 9.47 Å². The Kier molecular flexibility index (Phi) is 7.03. The van der Waals surface area contributed by atoms with Crippen molar-refractivity contribution in [2.75, 3.05) is 0 Å². The zero-order valence-electron chi connectivity index (χ0n) is 14.8. The van der Waals surface area contributed by atoms with E-state index in [0.717, 1.165) is 0 Å². The maximum atomic E-state index is 12.2. The molecule has 0 rings (SSSR count). The van der Waals surface area contributed by atoms with Gasteiger partial charge in [0.1, 0.15) is 0 Å². The van der Waals surface area contributed by atoms with Crippen LogP contribution in [0.25, 0.3) is 0 Å². The van der Waals surface area contributed by atoms with Gasteiger partial charge in [-0.3, -0.25) is 0 Å². The van der Waals surface area contributed by atoms with Crippen LogP contribution < -0.4 is 0 Å². The summed E-state index contributed by atoms with van der Waals surface area (Å²) in [4.78, 5) is 24.3. The fourth-order valence-corrected chi connectivity index (χ4v) is 2.96. The van der Waals surface area contributed by atoms with Gasteiger partial charge in [-0.05, 0) is 39.5 Å². The average Bonchev–Trinajstić information content (AvgIpc) is 2.30. The first-order chi connectivity index (χ1) is 9.86. The minimum Gasteiger partial charge on any atom is -0.479 e. The molecule has 6 nitrogen and oxygen atoms in total. The van der Waals surface area contributed by atoms with Gasteiger partial charge in [-0.15, -0.1) is 0 Å². The van der Waals surface area contributed by atoms with Gasteiger partial charge in [0.15, 0.2) is 0 Å². The molecule has 0 fully saturated rings. The molecule has 6 heteroatoms. The largest absolute Gasteiger partial charge is 0.479 e. The van der Waals surface area contributed by atoms with E-state index < -0.39 is 47.2 Å². The van der Waals surface area contributed by atoms with Gasteiger partial charge < -0.3 is 19.7 Å². The van der Waals surface area contributed by atoms with Crippen molar-refractivity contribution in [3.8, 4) is 0 Å². The minimum atomic E-state index is -1.99. The second-order valence-corrected chi connectivity index (χ2v) is 6.72. The van der Waals surface area contributed by atoms with Crippen molar-refractivity contribution in [1.82, 2.24) is 0 Å². The van der Waals surface area contributed by atoms with Crippen molar-refractivity contribution in [1.29, 1.82) is 0 Å². The number of hydrogen-bond donors (Lipinski definition) is 2. The molecule has 0 spiro atoms. The molecule has 130 valence electrons. The fourth-order valence-electron chi connectivity index (χ4n) is 2.96. The zero-order valence-corrected chi connectivity index (χ0v) is 14.8. The maximum absolute atomic E-state index is 12.2. The molecule has 2 unspecified atom stereocenters. The van der Waals surface area contributed by atoms with Crippen molar-refractivity contribution in [2.45, 2.75) is 78.8 Å². The Morgan fingerprint density at radius 3 is 1.00 bits per heavy atom. The second-order valence-electron chi connectivity index (χ2n) is 6.72. The highest BCUT2D eigenvalue weighted by molar-refractivity contribution is 5.92. The quantitative estimate of drug-likeness (QED) is 0.679. The van der Waals surface area contributed by atoms with Crippen LogP contribution in [0.3, 0.4) is 0 Å². The molecule has 0 saturated carbocycles. The van der Waals surface area contributed by atoms with E-state index in [0.29, 0.717) is 0 Å². The van der Waals surface area contributed by atoms with Crippen LogP contribution in [0.1, 0.15) is 55.4 Å². The summed E-state index contributed by atoms with van der Waals surface area (Å²) < 4.78 is 11.5. The van der Waals surface area contributed by atoms with Crippen molar-refractivity contribution in [3.63, 3.8) is 0 Å². The van der Waals surface area contributed by atoms with E-state index in [9.17, 15) is 19.8 Å². The smallest absolute Gasteiger partial charge is 0.339 e. The number of carbonyl (C=O) groups is 2. The highest BCUT2D eigenvalue weighted by Crippen LogP contribution is 2.44. The van der Waals surface area contributed by atoms with E-state index in [1.165, 1.54) is 0 Å². The lowest BCUT2D eigenvalue weighted by Gasteiger charge is -2.50. The lowest BCUT2D eigenvalue weighted by molar-refractivity contribution is -0.267. The summed E-state index contributed by atoms with van der Waals surface area (Å²) >= 11 is 0. The van der Waals surface area contributed by atoms with Gasteiger partial charge in [0.25, 0.3) is 0 Å². The van der Waals surface area contributed by atoms with Crippen molar-refractivity contribution < 1.29 is 29.3 Å². The summed E-state index contributed by atoms with van der Waals surface area (Å²) in [5.74, 6) is -3.87. The molecule has 0 aromatic heterocycles. The Morgan fingerprint density at radius 2 is 0.909 bits per heavy atom. The molecule has 22 heavy (non-hydrogen) atoms. The molecule has 0 aliphatic heterocycles. The van der Waals surface area contributed by atoms with Gasteiger partial charge in [0.05, 0.1) is 12.2 Å². The third-order valence-electron chi connectivity index (χ3n) is 3.66. The predicted molar refractivity (Wildman–Crippen MR) is 82.9 cm³/mol. The summed E-state index contributed by atoms with van der Waals surface area (Å²) in [5, 5.41) is 19.8. The maximum Gasteiger partial charge on any atom is 0.339 e. The Labute approximate surface area is 132 Å². The first-order valence-electron chi connectivity index (χ1n) is 7.68. The molecule has 2 atom stereocenters. The molecular formula is C16H30O6. The number of aliphatic carboxylic acids is 2. The molecule has 2 N–H and O–H groups in total. The third-order valence-corrected chi connectivity index (χ3v) is 3.66. The van der Waals surface area contributed by atoms with Crippen LogP contribution >= 0.6 is 0 Å². The van der Waals surface area contributed by atoms with Gasteiger partial charge in [0, 0.05) is 0 Å². The average molecular weight is 318 g/mol. The third kappa shape index (κ3) is 3.43. The van der Waals surface area contributed by atoms with Gasteiger partial charge in [-0.1, -0.05) is 27.7 Å². The summed E-state index contributed by atoms with van der Waals surface area (Å²) in [7, 11) is 0. The minimum absolute atomic E-state index is 0.466. The standard InChI is InChI=1S/C16H30O6/c1-9(2)15(13(17)18,21-11(5)6)16(10(3)4,14(19)20)22-12(7)8/h9-12H,1-8H3,(H,17,18)(H,19,20). The highest BCUT2D eigenvalue weighted by Gasteiger charge is 2.68. The number of ether oxygens (including phenoxy) is 2. The molecule has 0 amide bonds. The Balaban J connectivity index is 6.62. The molecule has 0 aliphatic rings. The first-order valence-corrected chi connectivity index (χ1v) is 7.68. The zero-order chi connectivity index (χ0) is 17.9. The highest BCUT2D eigenvalue weighted by atomic mass is 16.6. The molecule has 0 aliphatic carbocycles. The lowest BCUT2D eigenvalue weighted by Crippen LogP contribution is -2.72. The van der Waals surface area contributed by atoms with E-state index in [2.05, 4.69) is 0 Å². The molecule has 0 heterocycles. The first kappa shape index (κ1) is 20.9. The SMILES string of the molecule is CC(C)OC(C(=O)O)(C(C)C)C(OC(C)C)(C(=O)O)C(C)C. The van der Waals surface area contributed by atoms with E-state index >= 15 is 0 Å². The topological polar surface area (TPSA) is 93.1 Å². The molecule has 0 saturated heterocycles. The molecule has 0 radical (unpaired) electrons. The molecular weight excluding hydrogens is 288 g/mol. The van der Waals surface area contributed by atoms with Crippen LogP contribution in [-0.4, -0.2) is 45.6 Å². The normalized spacial score (nSPS) is 17.8. The number of hydrogen-bond acceptors (Lipinski definition) is 4. The molecule has 0 aromatic rings.